The first-order valence-corrected chi connectivity index (χ1v) is 7.92. The number of amides is 1. The highest BCUT2D eigenvalue weighted by atomic mass is 35.5. The molecule has 5 nitrogen and oxygen atoms in total. The molecule has 0 saturated carbocycles. The summed E-state index contributed by atoms with van der Waals surface area (Å²) in [6, 6.07) is 7.71. The van der Waals surface area contributed by atoms with Crippen LogP contribution in [0.5, 0.6) is 5.75 Å². The van der Waals surface area contributed by atoms with Gasteiger partial charge in [0.15, 0.2) is 0 Å². The van der Waals surface area contributed by atoms with Crippen LogP contribution >= 0.6 is 12.4 Å². The van der Waals surface area contributed by atoms with Gasteiger partial charge in [-0.15, -0.1) is 12.4 Å². The smallest absolute Gasteiger partial charge is 0.238 e. The Bertz CT molecular complexity index is 522. The zero-order chi connectivity index (χ0) is 16.2. The number of piperidine rings is 1. The van der Waals surface area contributed by atoms with E-state index in [4.69, 9.17) is 10.5 Å². The molecule has 1 aliphatic heterocycles. The number of carbonyl (C=O) groups excluding carboxylic acids is 1. The van der Waals surface area contributed by atoms with E-state index in [1.807, 2.05) is 31.2 Å². The van der Waals surface area contributed by atoms with Crippen LogP contribution in [0.4, 0.5) is 5.69 Å². The summed E-state index contributed by atoms with van der Waals surface area (Å²) in [6.45, 7) is 8.91. The molecule has 6 heteroatoms. The summed E-state index contributed by atoms with van der Waals surface area (Å²) >= 11 is 0. The molecule has 0 radical (unpaired) electrons. The lowest BCUT2D eigenvalue weighted by atomic mass is 9.80. The van der Waals surface area contributed by atoms with Gasteiger partial charge in [0.2, 0.25) is 5.91 Å². The quantitative estimate of drug-likeness (QED) is 0.863. The Labute approximate surface area is 145 Å². The Morgan fingerprint density at radius 3 is 2.78 bits per heavy atom. The molecule has 3 N–H and O–H groups in total. The Morgan fingerprint density at radius 1 is 1.43 bits per heavy atom. The van der Waals surface area contributed by atoms with Crippen LogP contribution in [0, 0.1) is 5.41 Å². The maximum Gasteiger partial charge on any atom is 0.238 e. The molecule has 1 saturated heterocycles. The summed E-state index contributed by atoms with van der Waals surface area (Å²) in [5, 5.41) is 2.94. The minimum Gasteiger partial charge on any atom is -0.492 e. The maximum atomic E-state index is 12.3. The van der Waals surface area contributed by atoms with Gasteiger partial charge in [-0.05, 0) is 30.9 Å². The van der Waals surface area contributed by atoms with E-state index in [2.05, 4.69) is 24.1 Å². The maximum absolute atomic E-state index is 12.3. The van der Waals surface area contributed by atoms with Crippen molar-refractivity contribution in [2.75, 3.05) is 31.6 Å². The second-order valence-electron chi connectivity index (χ2n) is 6.57. The third kappa shape index (κ3) is 5.37. The van der Waals surface area contributed by atoms with E-state index in [1.54, 1.807) is 0 Å². The molecule has 1 atom stereocenters. The average molecular weight is 342 g/mol. The molecule has 0 spiro atoms. The third-order valence-electron chi connectivity index (χ3n) is 4.22. The Balaban J connectivity index is 0.00000264. The number of hydrogen-bond donors (Lipinski definition) is 2. The molecule has 1 fully saturated rings. The number of ether oxygens (including phenoxy) is 1. The standard InChI is InChI=1S/C17H27N3O2.ClH/c1-4-22-14-8-6-5-7-13(14)19-16(21)11-20-10-9-15(18)17(2,3)12-20;/h5-8,15H,4,9-12,18H2,1-3H3,(H,19,21);1H. The Kier molecular flexibility index (Phi) is 7.32. The molecule has 2 rings (SSSR count). The van der Waals surface area contributed by atoms with E-state index in [0.29, 0.717) is 18.9 Å². The van der Waals surface area contributed by atoms with Crippen LogP contribution in [-0.4, -0.2) is 43.1 Å². The molecular formula is C17H28ClN3O2. The minimum absolute atomic E-state index is 0. The first-order chi connectivity index (χ1) is 10.4. The van der Waals surface area contributed by atoms with Crippen molar-refractivity contribution in [3.8, 4) is 5.75 Å². The van der Waals surface area contributed by atoms with Crippen molar-refractivity contribution in [2.24, 2.45) is 11.1 Å². The average Bonchev–Trinajstić information content (AvgIpc) is 2.45. The van der Waals surface area contributed by atoms with Gasteiger partial charge in [0.05, 0.1) is 18.8 Å². The highest BCUT2D eigenvalue weighted by Gasteiger charge is 2.33. The van der Waals surface area contributed by atoms with E-state index in [1.165, 1.54) is 0 Å². The highest BCUT2D eigenvalue weighted by molar-refractivity contribution is 5.93. The number of rotatable bonds is 5. The van der Waals surface area contributed by atoms with E-state index in [0.717, 1.165) is 25.2 Å². The normalized spacial score (nSPS) is 20.4. The first-order valence-electron chi connectivity index (χ1n) is 7.92. The van der Waals surface area contributed by atoms with Crippen LogP contribution in [0.15, 0.2) is 24.3 Å². The van der Waals surface area contributed by atoms with Crippen molar-refractivity contribution >= 4 is 24.0 Å². The summed E-state index contributed by atoms with van der Waals surface area (Å²) < 4.78 is 5.53. The molecule has 0 bridgehead atoms. The molecule has 1 aliphatic rings. The molecule has 23 heavy (non-hydrogen) atoms. The van der Waals surface area contributed by atoms with Gasteiger partial charge >= 0.3 is 0 Å². The molecule has 1 aromatic rings. The summed E-state index contributed by atoms with van der Waals surface area (Å²) in [5.41, 5.74) is 6.91. The van der Waals surface area contributed by atoms with Gasteiger partial charge < -0.3 is 15.8 Å². The second kappa shape index (κ2) is 8.52. The van der Waals surface area contributed by atoms with Crippen LogP contribution in [0.1, 0.15) is 27.2 Å². The summed E-state index contributed by atoms with van der Waals surface area (Å²) in [5.74, 6) is 0.692. The van der Waals surface area contributed by atoms with Gasteiger partial charge in [0.25, 0.3) is 0 Å². The van der Waals surface area contributed by atoms with Gasteiger partial charge in [-0.3, -0.25) is 9.69 Å². The Hall–Kier alpha value is -1.30. The predicted octanol–water partition coefficient (Wildman–Crippen LogP) is 2.50. The molecule has 1 amide bonds. The fourth-order valence-corrected chi connectivity index (χ4v) is 2.86. The lowest BCUT2D eigenvalue weighted by Crippen LogP contribution is -2.53. The van der Waals surface area contributed by atoms with E-state index in [-0.39, 0.29) is 29.8 Å². The molecule has 1 unspecified atom stereocenters. The van der Waals surface area contributed by atoms with Gasteiger partial charge in [-0.1, -0.05) is 26.0 Å². The Morgan fingerprint density at radius 2 is 2.13 bits per heavy atom. The largest absolute Gasteiger partial charge is 0.492 e. The van der Waals surface area contributed by atoms with Gasteiger partial charge in [0, 0.05) is 19.1 Å². The van der Waals surface area contributed by atoms with Crippen LogP contribution in [0.3, 0.4) is 0 Å². The van der Waals surface area contributed by atoms with Gasteiger partial charge in [0.1, 0.15) is 5.75 Å². The van der Waals surface area contributed by atoms with Crippen LogP contribution in [-0.2, 0) is 4.79 Å². The fourth-order valence-electron chi connectivity index (χ4n) is 2.86. The molecule has 130 valence electrons. The third-order valence-corrected chi connectivity index (χ3v) is 4.22. The van der Waals surface area contributed by atoms with Crippen LogP contribution in [0.2, 0.25) is 0 Å². The summed E-state index contributed by atoms with van der Waals surface area (Å²) in [4.78, 5) is 14.5. The molecule has 0 aromatic heterocycles. The van der Waals surface area contributed by atoms with Crippen molar-refractivity contribution in [1.82, 2.24) is 4.90 Å². The second-order valence-corrected chi connectivity index (χ2v) is 6.57. The number of nitrogens with one attached hydrogen (secondary N) is 1. The van der Waals surface area contributed by atoms with Crippen LogP contribution in [0.25, 0.3) is 0 Å². The zero-order valence-corrected chi connectivity index (χ0v) is 15.0. The van der Waals surface area contributed by atoms with Crippen molar-refractivity contribution in [3.05, 3.63) is 24.3 Å². The molecule has 0 aliphatic carbocycles. The van der Waals surface area contributed by atoms with E-state index >= 15 is 0 Å². The number of likely N-dealkylation sites (tertiary alicyclic amines) is 1. The number of benzene rings is 1. The number of hydrogen-bond acceptors (Lipinski definition) is 4. The van der Waals surface area contributed by atoms with Gasteiger partial charge in [-0.2, -0.15) is 0 Å². The topological polar surface area (TPSA) is 67.6 Å². The van der Waals surface area contributed by atoms with Gasteiger partial charge in [-0.25, -0.2) is 0 Å². The fraction of sp³-hybridized carbons (Fsp3) is 0.588. The van der Waals surface area contributed by atoms with Crippen molar-refractivity contribution in [2.45, 2.75) is 33.2 Å². The summed E-state index contributed by atoms with van der Waals surface area (Å²) in [7, 11) is 0. The molecule has 1 aromatic carbocycles. The van der Waals surface area contributed by atoms with E-state index in [9.17, 15) is 4.79 Å². The molecule has 1 heterocycles. The number of halogens is 1. The number of anilines is 1. The van der Waals surface area contributed by atoms with E-state index < -0.39 is 0 Å². The number of nitrogens with zero attached hydrogens (tertiary/aromatic N) is 1. The molecular weight excluding hydrogens is 314 g/mol. The number of para-hydroxylation sites is 2. The van der Waals surface area contributed by atoms with Crippen molar-refractivity contribution in [3.63, 3.8) is 0 Å². The van der Waals surface area contributed by atoms with Crippen molar-refractivity contribution in [1.29, 1.82) is 0 Å². The highest BCUT2D eigenvalue weighted by Crippen LogP contribution is 2.28. The van der Waals surface area contributed by atoms with Crippen molar-refractivity contribution < 1.29 is 9.53 Å². The monoisotopic (exact) mass is 341 g/mol. The summed E-state index contributed by atoms with van der Waals surface area (Å²) in [6.07, 6.45) is 0.926. The zero-order valence-electron chi connectivity index (χ0n) is 14.2. The lowest BCUT2D eigenvalue weighted by molar-refractivity contribution is -0.118. The number of nitrogens with two attached hydrogens (primary N) is 1. The van der Waals surface area contributed by atoms with Crippen LogP contribution < -0.4 is 15.8 Å². The lowest BCUT2D eigenvalue weighted by Gasteiger charge is -2.42. The first kappa shape index (κ1) is 19.7. The SMILES string of the molecule is CCOc1ccccc1NC(=O)CN1CCC(N)C(C)(C)C1.Cl. The minimum atomic E-state index is -0.0153. The predicted molar refractivity (Wildman–Crippen MR) is 96.3 cm³/mol. The number of carbonyl (C=O) groups is 1.